The van der Waals surface area contributed by atoms with Crippen molar-refractivity contribution in [2.24, 2.45) is 35.5 Å². The van der Waals surface area contributed by atoms with E-state index in [1.165, 1.54) is 0 Å². The Labute approximate surface area is 130 Å². The maximum absolute atomic E-state index is 4.53. The van der Waals surface area contributed by atoms with E-state index in [4.69, 9.17) is 0 Å². The Bertz CT molecular complexity index is 358. The Kier molecular flexibility index (Phi) is 2.32. The van der Waals surface area contributed by atoms with Gasteiger partial charge in [0.05, 0.1) is 6.28 Å². The molecule has 5 saturated carbocycles. The predicted molar refractivity (Wildman–Crippen MR) is 88.5 cm³/mol. The molecule has 3 heterocycles. The molecular weight excluding hydrogens is 253 g/mol. The highest BCUT2D eigenvalue weighted by molar-refractivity contribution is 6.78. The van der Waals surface area contributed by atoms with Crippen LogP contribution in [0.25, 0.3) is 0 Å². The molecule has 8 rings (SSSR count). The van der Waals surface area contributed by atoms with Gasteiger partial charge in [0.15, 0.2) is 0 Å². The van der Waals surface area contributed by atoms with Crippen LogP contribution in [-0.2, 0) is 0 Å². The van der Waals surface area contributed by atoms with E-state index < -0.39 is 0 Å². The first kappa shape index (κ1) is 12.4. The predicted octanol–water partition coefficient (Wildman–Crippen LogP) is 4.55. The standard InChI is InChI=1S/C19H31BN/c1-13-2-15-3-14(1)8-19(7-13,9-15)21-20-10-16-4-17(11-20)6-18(5-16)12-20/h13-18,21H,1-12H2/q-1. The van der Waals surface area contributed by atoms with Crippen molar-refractivity contribution in [3.63, 3.8) is 0 Å². The fraction of sp³-hybridized carbons (Fsp3) is 1.00. The van der Waals surface area contributed by atoms with Gasteiger partial charge in [-0.25, -0.2) is 0 Å². The lowest BCUT2D eigenvalue weighted by molar-refractivity contribution is -0.0114. The molecule has 3 aliphatic heterocycles. The molecule has 0 aromatic carbocycles. The highest BCUT2D eigenvalue weighted by Crippen LogP contribution is 2.59. The summed E-state index contributed by atoms with van der Waals surface area (Å²) in [6, 6.07) is 0. The van der Waals surface area contributed by atoms with Gasteiger partial charge in [-0.1, -0.05) is 37.0 Å². The van der Waals surface area contributed by atoms with Crippen molar-refractivity contribution in [2.75, 3.05) is 0 Å². The fourth-order valence-corrected chi connectivity index (χ4v) is 9.60. The molecule has 2 heteroatoms. The molecule has 0 radical (unpaired) electrons. The van der Waals surface area contributed by atoms with Gasteiger partial charge in [0.1, 0.15) is 0 Å². The lowest BCUT2D eigenvalue weighted by Gasteiger charge is -2.68. The molecule has 0 atom stereocenters. The number of hydrogen-bond donors (Lipinski definition) is 1. The Morgan fingerprint density at radius 2 is 0.952 bits per heavy atom. The molecule has 1 nitrogen and oxygen atoms in total. The minimum atomic E-state index is -0.158. The third-order valence-corrected chi connectivity index (χ3v) is 9.00. The van der Waals surface area contributed by atoms with Crippen LogP contribution in [-0.4, -0.2) is 11.8 Å². The second kappa shape index (κ2) is 3.92. The zero-order valence-electron chi connectivity index (χ0n) is 13.5. The molecule has 0 aromatic rings. The lowest BCUT2D eigenvalue weighted by Crippen LogP contribution is -2.71. The summed E-state index contributed by atoms with van der Waals surface area (Å²) in [7, 11) is 0. The van der Waals surface area contributed by atoms with Crippen molar-refractivity contribution >= 4 is 6.28 Å². The summed E-state index contributed by atoms with van der Waals surface area (Å²) in [4.78, 5) is 0. The van der Waals surface area contributed by atoms with Crippen LogP contribution < -0.4 is 5.23 Å². The molecule has 3 saturated heterocycles. The number of rotatable bonds is 2. The van der Waals surface area contributed by atoms with Crippen LogP contribution in [0.3, 0.4) is 0 Å². The van der Waals surface area contributed by atoms with Crippen LogP contribution in [0.2, 0.25) is 19.0 Å². The van der Waals surface area contributed by atoms with Crippen LogP contribution in [0, 0.1) is 35.5 Å². The Morgan fingerprint density at radius 3 is 1.38 bits per heavy atom. The Hall–Kier alpha value is 0.0249. The Balaban J connectivity index is 1.31. The van der Waals surface area contributed by atoms with Crippen molar-refractivity contribution in [1.29, 1.82) is 0 Å². The maximum atomic E-state index is 4.53. The van der Waals surface area contributed by atoms with Crippen molar-refractivity contribution in [2.45, 2.75) is 82.3 Å². The van der Waals surface area contributed by atoms with E-state index in [2.05, 4.69) is 5.23 Å². The average molecular weight is 284 g/mol. The van der Waals surface area contributed by atoms with Gasteiger partial charge in [-0.05, 0) is 61.8 Å². The molecule has 0 aromatic heterocycles. The van der Waals surface area contributed by atoms with Gasteiger partial charge >= 0.3 is 0 Å². The zero-order valence-corrected chi connectivity index (χ0v) is 13.5. The van der Waals surface area contributed by atoms with Gasteiger partial charge in [-0.3, -0.25) is 0 Å². The van der Waals surface area contributed by atoms with Crippen molar-refractivity contribution in [3.05, 3.63) is 0 Å². The van der Waals surface area contributed by atoms with Gasteiger partial charge in [0.2, 0.25) is 0 Å². The first-order valence-corrected chi connectivity index (χ1v) is 10.2. The van der Waals surface area contributed by atoms with E-state index in [1.807, 2.05) is 0 Å². The number of hydrogen-bond acceptors (Lipinski definition) is 1. The van der Waals surface area contributed by atoms with Crippen LogP contribution in [0.4, 0.5) is 0 Å². The highest BCUT2D eigenvalue weighted by atomic mass is 15.0. The van der Waals surface area contributed by atoms with E-state index in [0.717, 1.165) is 35.5 Å². The van der Waals surface area contributed by atoms with Gasteiger partial charge in [0, 0.05) is 0 Å². The average Bonchev–Trinajstić information content (AvgIpc) is 2.33. The van der Waals surface area contributed by atoms with Crippen molar-refractivity contribution in [3.8, 4) is 0 Å². The van der Waals surface area contributed by atoms with Gasteiger partial charge < -0.3 is 5.23 Å². The third kappa shape index (κ3) is 1.81. The SMILES string of the molecule is C1C2CC3CC1C[B-](NC14CC5CC(CC(C5)C1)C4)(C2)C3. The maximum Gasteiger partial charge on any atom is 0.0606 e. The minimum absolute atomic E-state index is 0.158. The molecule has 0 spiro atoms. The van der Waals surface area contributed by atoms with Gasteiger partial charge in [0.25, 0.3) is 0 Å². The Morgan fingerprint density at radius 1 is 0.571 bits per heavy atom. The normalized spacial score (nSPS) is 63.4. The minimum Gasteiger partial charge on any atom is -0.483 e. The monoisotopic (exact) mass is 284 g/mol. The molecule has 8 aliphatic rings. The second-order valence-corrected chi connectivity index (χ2v) is 10.8. The molecule has 1 N–H and O–H groups in total. The lowest BCUT2D eigenvalue weighted by atomic mass is 9.17. The van der Waals surface area contributed by atoms with Crippen LogP contribution in [0.1, 0.15) is 57.8 Å². The van der Waals surface area contributed by atoms with E-state index in [0.29, 0.717) is 5.54 Å². The molecule has 116 valence electrons. The number of nitrogens with one attached hydrogen (secondary N) is 1. The molecule has 8 bridgehead atoms. The quantitative estimate of drug-likeness (QED) is 0.733. The fourth-order valence-electron chi connectivity index (χ4n) is 9.60. The first-order valence-electron chi connectivity index (χ1n) is 10.2. The van der Waals surface area contributed by atoms with Crippen LogP contribution in [0.5, 0.6) is 0 Å². The third-order valence-electron chi connectivity index (χ3n) is 9.00. The summed E-state index contributed by atoms with van der Waals surface area (Å²) < 4.78 is 0. The first-order chi connectivity index (χ1) is 10.2. The molecular formula is C19H31BN-. The summed E-state index contributed by atoms with van der Waals surface area (Å²) in [6.45, 7) is 0. The summed E-state index contributed by atoms with van der Waals surface area (Å²) >= 11 is 0. The van der Waals surface area contributed by atoms with E-state index >= 15 is 0 Å². The summed E-state index contributed by atoms with van der Waals surface area (Å²) in [5.74, 6) is 6.68. The van der Waals surface area contributed by atoms with Gasteiger partial charge in [-0.15, -0.1) is 0 Å². The summed E-state index contributed by atoms with van der Waals surface area (Å²) in [5.41, 5.74) is 0.625. The van der Waals surface area contributed by atoms with Crippen LogP contribution >= 0.6 is 0 Å². The topological polar surface area (TPSA) is 12.0 Å². The van der Waals surface area contributed by atoms with E-state index in [9.17, 15) is 0 Å². The van der Waals surface area contributed by atoms with Crippen molar-refractivity contribution in [1.82, 2.24) is 5.23 Å². The second-order valence-electron chi connectivity index (χ2n) is 10.8. The molecule has 0 amide bonds. The van der Waals surface area contributed by atoms with E-state index in [1.54, 1.807) is 76.7 Å². The summed E-state index contributed by atoms with van der Waals surface area (Å²) in [6.07, 6.45) is 18.9. The largest absolute Gasteiger partial charge is 0.483 e. The highest BCUT2D eigenvalue weighted by Gasteiger charge is 2.54. The van der Waals surface area contributed by atoms with E-state index in [-0.39, 0.29) is 6.28 Å². The molecule has 5 aliphatic carbocycles. The van der Waals surface area contributed by atoms with Gasteiger partial charge in [-0.2, -0.15) is 19.0 Å². The summed E-state index contributed by atoms with van der Waals surface area (Å²) in [5, 5.41) is 4.53. The molecule has 21 heavy (non-hydrogen) atoms. The van der Waals surface area contributed by atoms with Crippen molar-refractivity contribution < 1.29 is 0 Å². The smallest absolute Gasteiger partial charge is 0.0606 e. The zero-order chi connectivity index (χ0) is 13.7. The molecule has 0 unspecified atom stereocenters. The van der Waals surface area contributed by atoms with Crippen LogP contribution in [0.15, 0.2) is 0 Å². The molecule has 8 fully saturated rings.